The topological polar surface area (TPSA) is 53.3 Å². The summed E-state index contributed by atoms with van der Waals surface area (Å²) in [4.78, 5) is 4.47. The maximum Gasteiger partial charge on any atom is 0.153 e. The third kappa shape index (κ3) is 1.40. The standard InChI is InChI=1S/C12H11N3O/c16-8-9-1-3-10(4-2-9)11-7-15-12(14-11)5-6-13-15/h1-7,13,16H,8H2. The Morgan fingerprint density at radius 1 is 1.19 bits per heavy atom. The van der Waals surface area contributed by atoms with Crippen LogP contribution >= 0.6 is 0 Å². The number of nitrogens with one attached hydrogen (secondary N) is 1. The molecule has 4 heteroatoms. The number of aromatic amines is 1. The zero-order valence-corrected chi connectivity index (χ0v) is 8.59. The molecule has 1 aromatic carbocycles. The van der Waals surface area contributed by atoms with Crippen LogP contribution in [-0.2, 0) is 6.61 Å². The molecule has 80 valence electrons. The largest absolute Gasteiger partial charge is 0.392 e. The van der Waals surface area contributed by atoms with E-state index < -0.39 is 0 Å². The maximum atomic E-state index is 8.96. The van der Waals surface area contributed by atoms with Gasteiger partial charge in [0.05, 0.1) is 18.5 Å². The van der Waals surface area contributed by atoms with Crippen LogP contribution in [0.15, 0.2) is 42.7 Å². The highest BCUT2D eigenvalue weighted by atomic mass is 16.3. The van der Waals surface area contributed by atoms with Gasteiger partial charge < -0.3 is 10.2 Å². The van der Waals surface area contributed by atoms with E-state index in [4.69, 9.17) is 5.11 Å². The first-order valence-electron chi connectivity index (χ1n) is 5.09. The highest BCUT2D eigenvalue weighted by Gasteiger charge is 2.04. The maximum absolute atomic E-state index is 8.96. The molecular formula is C12H11N3O. The van der Waals surface area contributed by atoms with Crippen LogP contribution in [-0.4, -0.2) is 19.7 Å². The number of aromatic nitrogens is 3. The Hall–Kier alpha value is -2.07. The Morgan fingerprint density at radius 2 is 2.00 bits per heavy atom. The lowest BCUT2D eigenvalue weighted by Gasteiger charge is -1.98. The zero-order valence-electron chi connectivity index (χ0n) is 8.59. The second kappa shape index (κ2) is 3.50. The molecule has 0 radical (unpaired) electrons. The molecular weight excluding hydrogens is 202 g/mol. The Bertz CT molecular complexity index is 578. The monoisotopic (exact) mass is 213 g/mol. The SMILES string of the molecule is OCc1ccc(-c2cn3[nH]ccc3n2)cc1. The first-order valence-corrected chi connectivity index (χ1v) is 5.09. The van der Waals surface area contributed by atoms with Gasteiger partial charge in [0.25, 0.3) is 0 Å². The highest BCUT2D eigenvalue weighted by Crippen LogP contribution is 2.19. The van der Waals surface area contributed by atoms with Gasteiger partial charge in [0.15, 0.2) is 5.65 Å². The molecule has 3 aromatic rings. The number of aliphatic hydroxyl groups is 1. The fourth-order valence-corrected chi connectivity index (χ4v) is 1.73. The second-order valence-corrected chi connectivity index (χ2v) is 3.67. The van der Waals surface area contributed by atoms with Crippen molar-refractivity contribution >= 4 is 5.65 Å². The number of imidazole rings is 1. The number of nitrogens with zero attached hydrogens (tertiary/aromatic N) is 2. The molecule has 3 rings (SSSR count). The van der Waals surface area contributed by atoms with Gasteiger partial charge in [-0.05, 0) is 5.56 Å². The minimum Gasteiger partial charge on any atom is -0.392 e. The molecule has 2 N–H and O–H groups in total. The Balaban J connectivity index is 2.05. The number of hydrogen-bond acceptors (Lipinski definition) is 2. The molecule has 0 aliphatic heterocycles. The summed E-state index contributed by atoms with van der Waals surface area (Å²) in [5.74, 6) is 0. The summed E-state index contributed by atoms with van der Waals surface area (Å²) >= 11 is 0. The van der Waals surface area contributed by atoms with Crippen LogP contribution in [0.25, 0.3) is 16.9 Å². The molecule has 2 heterocycles. The van der Waals surface area contributed by atoms with Crippen LogP contribution in [0.4, 0.5) is 0 Å². The van der Waals surface area contributed by atoms with Gasteiger partial charge in [-0.1, -0.05) is 24.3 Å². The van der Waals surface area contributed by atoms with Crippen LogP contribution in [0.5, 0.6) is 0 Å². The van der Waals surface area contributed by atoms with Crippen LogP contribution in [0.1, 0.15) is 5.56 Å². The van der Waals surface area contributed by atoms with E-state index in [-0.39, 0.29) is 6.61 Å². The number of H-pyrrole nitrogens is 1. The quantitative estimate of drug-likeness (QED) is 0.682. The third-order valence-electron chi connectivity index (χ3n) is 2.61. The van der Waals surface area contributed by atoms with Crippen molar-refractivity contribution in [2.75, 3.05) is 0 Å². The van der Waals surface area contributed by atoms with Gasteiger partial charge in [-0.25, -0.2) is 9.50 Å². The van der Waals surface area contributed by atoms with E-state index >= 15 is 0 Å². The summed E-state index contributed by atoms with van der Waals surface area (Å²) in [6.45, 7) is 0.0737. The smallest absolute Gasteiger partial charge is 0.153 e. The van der Waals surface area contributed by atoms with E-state index in [1.165, 1.54) is 0 Å². The lowest BCUT2D eigenvalue weighted by Crippen LogP contribution is -1.83. The summed E-state index contributed by atoms with van der Waals surface area (Å²) < 4.78 is 1.87. The van der Waals surface area contributed by atoms with Gasteiger partial charge in [-0.3, -0.25) is 0 Å². The highest BCUT2D eigenvalue weighted by molar-refractivity contribution is 5.62. The molecule has 0 aliphatic rings. The second-order valence-electron chi connectivity index (χ2n) is 3.67. The number of fused-ring (bicyclic) bond motifs is 1. The molecule has 16 heavy (non-hydrogen) atoms. The molecule has 0 aliphatic carbocycles. The Kier molecular flexibility index (Phi) is 2.01. The summed E-state index contributed by atoms with van der Waals surface area (Å²) in [5, 5.41) is 12.0. The van der Waals surface area contributed by atoms with Crippen molar-refractivity contribution in [1.29, 1.82) is 0 Å². The third-order valence-corrected chi connectivity index (χ3v) is 2.61. The fourth-order valence-electron chi connectivity index (χ4n) is 1.73. The minimum atomic E-state index is 0.0737. The predicted molar refractivity (Wildman–Crippen MR) is 60.9 cm³/mol. The summed E-state index contributed by atoms with van der Waals surface area (Å²) in [5.41, 5.74) is 3.79. The van der Waals surface area contributed by atoms with E-state index in [1.807, 2.05) is 47.2 Å². The van der Waals surface area contributed by atoms with Crippen molar-refractivity contribution < 1.29 is 5.11 Å². The Labute approximate surface area is 92.2 Å². The van der Waals surface area contributed by atoms with Crippen LogP contribution in [0.2, 0.25) is 0 Å². The first kappa shape index (κ1) is 9.18. The van der Waals surface area contributed by atoms with Gasteiger partial charge in [-0.2, -0.15) is 0 Å². The van der Waals surface area contributed by atoms with Crippen molar-refractivity contribution in [1.82, 2.24) is 14.6 Å². The number of aliphatic hydroxyl groups excluding tert-OH is 1. The summed E-state index contributed by atoms with van der Waals surface area (Å²) in [6.07, 6.45) is 3.80. The van der Waals surface area contributed by atoms with Crippen molar-refractivity contribution in [2.45, 2.75) is 6.61 Å². The molecule has 0 atom stereocenters. The van der Waals surface area contributed by atoms with Crippen LogP contribution < -0.4 is 0 Å². The molecule has 0 saturated heterocycles. The van der Waals surface area contributed by atoms with Gasteiger partial charge in [-0.15, -0.1) is 0 Å². The molecule has 0 amide bonds. The zero-order chi connectivity index (χ0) is 11.0. The van der Waals surface area contributed by atoms with Crippen molar-refractivity contribution in [2.24, 2.45) is 0 Å². The normalized spacial score (nSPS) is 11.1. The van der Waals surface area contributed by atoms with E-state index in [1.54, 1.807) is 0 Å². The lowest BCUT2D eigenvalue weighted by molar-refractivity contribution is 0.282. The Morgan fingerprint density at radius 3 is 2.69 bits per heavy atom. The number of rotatable bonds is 2. The predicted octanol–water partition coefficient (Wildman–Crippen LogP) is 1.82. The van der Waals surface area contributed by atoms with Crippen LogP contribution in [0, 0.1) is 0 Å². The van der Waals surface area contributed by atoms with Crippen molar-refractivity contribution in [3.05, 3.63) is 48.3 Å². The van der Waals surface area contributed by atoms with Gasteiger partial charge in [0.2, 0.25) is 0 Å². The molecule has 0 spiro atoms. The fraction of sp³-hybridized carbons (Fsp3) is 0.0833. The molecule has 4 nitrogen and oxygen atoms in total. The number of benzene rings is 1. The van der Waals surface area contributed by atoms with E-state index in [0.717, 1.165) is 22.5 Å². The summed E-state index contributed by atoms with van der Waals surface area (Å²) in [7, 11) is 0. The number of hydrogen-bond donors (Lipinski definition) is 2. The first-order chi connectivity index (χ1) is 7.86. The van der Waals surface area contributed by atoms with Gasteiger partial charge in [0, 0.05) is 17.8 Å². The molecule has 0 fully saturated rings. The van der Waals surface area contributed by atoms with Crippen molar-refractivity contribution in [3.8, 4) is 11.3 Å². The van der Waals surface area contributed by atoms with Crippen LogP contribution in [0.3, 0.4) is 0 Å². The average molecular weight is 213 g/mol. The molecule has 0 unspecified atom stereocenters. The van der Waals surface area contributed by atoms with E-state index in [0.29, 0.717) is 0 Å². The molecule has 0 bridgehead atoms. The minimum absolute atomic E-state index is 0.0737. The average Bonchev–Trinajstić information content (AvgIpc) is 2.89. The van der Waals surface area contributed by atoms with Gasteiger partial charge in [0.1, 0.15) is 0 Å². The summed E-state index contributed by atoms with van der Waals surface area (Å²) in [6, 6.07) is 9.67. The van der Waals surface area contributed by atoms with Crippen molar-refractivity contribution in [3.63, 3.8) is 0 Å². The van der Waals surface area contributed by atoms with E-state index in [9.17, 15) is 0 Å². The van der Waals surface area contributed by atoms with E-state index in [2.05, 4.69) is 10.1 Å². The molecule has 2 aromatic heterocycles. The lowest BCUT2D eigenvalue weighted by atomic mass is 10.1. The van der Waals surface area contributed by atoms with Gasteiger partial charge >= 0.3 is 0 Å². The molecule has 0 saturated carbocycles.